The summed E-state index contributed by atoms with van der Waals surface area (Å²) in [7, 11) is 0. The summed E-state index contributed by atoms with van der Waals surface area (Å²) in [5, 5.41) is 12.4. The molecule has 0 spiro atoms. The van der Waals surface area contributed by atoms with E-state index in [-0.39, 0.29) is 18.0 Å². The second-order valence-electron chi connectivity index (χ2n) is 5.00. The minimum absolute atomic E-state index is 0.0109. The molecule has 17 heavy (non-hydrogen) atoms. The summed E-state index contributed by atoms with van der Waals surface area (Å²) in [4.78, 5) is 11.6. The fourth-order valence-electron chi connectivity index (χ4n) is 1.31. The van der Waals surface area contributed by atoms with Gasteiger partial charge in [0.2, 0.25) is 5.91 Å². The molecule has 94 valence electrons. The number of carbonyl (C=O) groups is 1. The standard InChI is InChI=1S/C13H18FNO2/c1-13(2,3)12(17)15-8-11(16)9-6-4-5-7-10(9)14/h4-7,11,16H,8H2,1-3H3,(H,15,17). The summed E-state index contributed by atoms with van der Waals surface area (Å²) < 4.78 is 13.3. The van der Waals surface area contributed by atoms with Crippen LogP contribution in [0.4, 0.5) is 4.39 Å². The lowest BCUT2D eigenvalue weighted by molar-refractivity contribution is -0.129. The Kier molecular flexibility index (Phi) is 4.23. The summed E-state index contributed by atoms with van der Waals surface area (Å²) >= 11 is 0. The van der Waals surface area contributed by atoms with Crippen molar-refractivity contribution in [3.63, 3.8) is 0 Å². The molecule has 1 unspecified atom stereocenters. The maximum atomic E-state index is 13.3. The molecule has 0 aliphatic heterocycles. The number of nitrogens with one attached hydrogen (secondary N) is 1. The minimum Gasteiger partial charge on any atom is -0.386 e. The van der Waals surface area contributed by atoms with Crippen LogP contribution in [0.1, 0.15) is 32.4 Å². The van der Waals surface area contributed by atoms with E-state index < -0.39 is 17.3 Å². The Hall–Kier alpha value is -1.42. The molecular formula is C13H18FNO2. The van der Waals surface area contributed by atoms with Gasteiger partial charge in [0.05, 0.1) is 6.10 Å². The quantitative estimate of drug-likeness (QED) is 0.847. The summed E-state index contributed by atoms with van der Waals surface area (Å²) in [6.07, 6.45) is -1.03. The molecule has 0 saturated carbocycles. The van der Waals surface area contributed by atoms with Gasteiger partial charge in [-0.15, -0.1) is 0 Å². The third kappa shape index (κ3) is 3.82. The third-order valence-corrected chi connectivity index (χ3v) is 2.40. The lowest BCUT2D eigenvalue weighted by atomic mass is 9.95. The number of aliphatic hydroxyl groups is 1. The van der Waals surface area contributed by atoms with Crippen LogP contribution in [0.3, 0.4) is 0 Å². The van der Waals surface area contributed by atoms with Crippen molar-refractivity contribution >= 4 is 5.91 Å². The predicted molar refractivity (Wildman–Crippen MR) is 63.8 cm³/mol. The van der Waals surface area contributed by atoms with Gasteiger partial charge in [-0.2, -0.15) is 0 Å². The zero-order valence-electron chi connectivity index (χ0n) is 10.3. The summed E-state index contributed by atoms with van der Waals surface area (Å²) in [5.41, 5.74) is -0.323. The van der Waals surface area contributed by atoms with Crippen molar-refractivity contribution in [2.45, 2.75) is 26.9 Å². The Morgan fingerprint density at radius 2 is 2.00 bits per heavy atom. The van der Waals surface area contributed by atoms with E-state index in [0.29, 0.717) is 0 Å². The van der Waals surface area contributed by atoms with Crippen LogP contribution < -0.4 is 5.32 Å². The molecule has 0 aromatic heterocycles. The van der Waals surface area contributed by atoms with E-state index in [1.54, 1.807) is 32.9 Å². The van der Waals surface area contributed by atoms with Crippen molar-refractivity contribution in [2.75, 3.05) is 6.54 Å². The normalized spacial score (nSPS) is 13.2. The first-order valence-corrected chi connectivity index (χ1v) is 5.53. The molecular weight excluding hydrogens is 221 g/mol. The number of aliphatic hydroxyl groups excluding tert-OH is 1. The van der Waals surface area contributed by atoms with Crippen molar-refractivity contribution in [2.24, 2.45) is 5.41 Å². The molecule has 1 amide bonds. The smallest absolute Gasteiger partial charge is 0.225 e. The number of benzene rings is 1. The topological polar surface area (TPSA) is 49.3 Å². The van der Waals surface area contributed by atoms with Gasteiger partial charge in [0, 0.05) is 17.5 Å². The highest BCUT2D eigenvalue weighted by Gasteiger charge is 2.22. The number of carbonyl (C=O) groups excluding carboxylic acids is 1. The molecule has 0 fully saturated rings. The molecule has 1 aromatic carbocycles. The first kappa shape index (κ1) is 13.6. The molecule has 0 aliphatic rings. The van der Waals surface area contributed by atoms with Gasteiger partial charge >= 0.3 is 0 Å². The largest absolute Gasteiger partial charge is 0.386 e. The summed E-state index contributed by atoms with van der Waals surface area (Å²) in [6.45, 7) is 5.34. The van der Waals surface area contributed by atoms with Crippen LogP contribution in [-0.2, 0) is 4.79 Å². The van der Waals surface area contributed by atoms with Crippen LogP contribution in [0.25, 0.3) is 0 Å². The third-order valence-electron chi connectivity index (χ3n) is 2.40. The molecule has 4 heteroatoms. The van der Waals surface area contributed by atoms with Gasteiger partial charge in [-0.3, -0.25) is 4.79 Å². The van der Waals surface area contributed by atoms with E-state index in [9.17, 15) is 14.3 Å². The SMILES string of the molecule is CC(C)(C)C(=O)NCC(O)c1ccccc1F. The average molecular weight is 239 g/mol. The first-order valence-electron chi connectivity index (χ1n) is 5.53. The van der Waals surface area contributed by atoms with Crippen molar-refractivity contribution in [1.82, 2.24) is 5.32 Å². The molecule has 2 N–H and O–H groups in total. The Labute approximate surface area is 101 Å². The van der Waals surface area contributed by atoms with Crippen LogP contribution in [-0.4, -0.2) is 17.6 Å². The van der Waals surface area contributed by atoms with Crippen LogP contribution in [0.15, 0.2) is 24.3 Å². The molecule has 0 radical (unpaired) electrons. The van der Waals surface area contributed by atoms with E-state index in [1.807, 2.05) is 0 Å². The number of hydrogen-bond acceptors (Lipinski definition) is 2. The molecule has 0 saturated heterocycles. The van der Waals surface area contributed by atoms with E-state index in [0.717, 1.165) is 0 Å². The maximum absolute atomic E-state index is 13.3. The molecule has 0 bridgehead atoms. The first-order chi connectivity index (χ1) is 7.82. The number of rotatable bonds is 3. The van der Waals surface area contributed by atoms with Gasteiger partial charge in [-0.1, -0.05) is 39.0 Å². The van der Waals surface area contributed by atoms with E-state index in [1.165, 1.54) is 12.1 Å². The van der Waals surface area contributed by atoms with Crippen LogP contribution in [0.2, 0.25) is 0 Å². The number of amides is 1. The number of hydrogen-bond donors (Lipinski definition) is 2. The zero-order chi connectivity index (χ0) is 13.1. The summed E-state index contributed by atoms with van der Waals surface area (Å²) in [5.74, 6) is -0.641. The predicted octanol–water partition coefficient (Wildman–Crippen LogP) is 2.02. The second kappa shape index (κ2) is 5.27. The van der Waals surface area contributed by atoms with Crippen LogP contribution in [0, 0.1) is 11.2 Å². The van der Waals surface area contributed by atoms with Crippen molar-refractivity contribution < 1.29 is 14.3 Å². The van der Waals surface area contributed by atoms with Crippen LogP contribution in [0.5, 0.6) is 0 Å². The highest BCUT2D eigenvalue weighted by atomic mass is 19.1. The number of halogens is 1. The molecule has 1 atom stereocenters. The van der Waals surface area contributed by atoms with E-state index >= 15 is 0 Å². The van der Waals surface area contributed by atoms with Gasteiger partial charge in [0.25, 0.3) is 0 Å². The van der Waals surface area contributed by atoms with E-state index in [4.69, 9.17) is 0 Å². The van der Waals surface area contributed by atoms with Crippen molar-refractivity contribution in [3.8, 4) is 0 Å². The molecule has 0 aliphatic carbocycles. The van der Waals surface area contributed by atoms with Gasteiger partial charge in [0.1, 0.15) is 5.82 Å². The van der Waals surface area contributed by atoms with Gasteiger partial charge < -0.3 is 10.4 Å². The molecule has 0 heterocycles. The highest BCUT2D eigenvalue weighted by Crippen LogP contribution is 2.17. The van der Waals surface area contributed by atoms with Gasteiger partial charge in [0.15, 0.2) is 0 Å². The average Bonchev–Trinajstić information content (AvgIpc) is 2.24. The monoisotopic (exact) mass is 239 g/mol. The van der Waals surface area contributed by atoms with Crippen molar-refractivity contribution in [3.05, 3.63) is 35.6 Å². The lowest BCUT2D eigenvalue weighted by Crippen LogP contribution is -2.37. The van der Waals surface area contributed by atoms with Crippen LogP contribution >= 0.6 is 0 Å². The molecule has 1 aromatic rings. The highest BCUT2D eigenvalue weighted by molar-refractivity contribution is 5.81. The van der Waals surface area contributed by atoms with E-state index in [2.05, 4.69) is 5.32 Å². The Balaban J connectivity index is 2.60. The maximum Gasteiger partial charge on any atom is 0.225 e. The van der Waals surface area contributed by atoms with Gasteiger partial charge in [-0.25, -0.2) is 4.39 Å². The second-order valence-corrected chi connectivity index (χ2v) is 5.00. The lowest BCUT2D eigenvalue weighted by Gasteiger charge is -2.19. The fourth-order valence-corrected chi connectivity index (χ4v) is 1.31. The van der Waals surface area contributed by atoms with Gasteiger partial charge in [-0.05, 0) is 6.07 Å². The molecule has 1 rings (SSSR count). The Bertz CT molecular complexity index is 399. The zero-order valence-corrected chi connectivity index (χ0v) is 10.3. The Morgan fingerprint density at radius 1 is 1.41 bits per heavy atom. The molecule has 3 nitrogen and oxygen atoms in total. The van der Waals surface area contributed by atoms with Crippen molar-refractivity contribution in [1.29, 1.82) is 0 Å². The fraction of sp³-hybridized carbons (Fsp3) is 0.462. The Morgan fingerprint density at radius 3 is 2.53 bits per heavy atom. The minimum atomic E-state index is -1.03. The summed E-state index contributed by atoms with van der Waals surface area (Å²) in [6, 6.07) is 5.99.